The Morgan fingerprint density at radius 3 is 3.00 bits per heavy atom. The molecule has 0 bridgehead atoms. The quantitative estimate of drug-likeness (QED) is 0.623. The number of nitro groups is 1. The molecule has 5 nitrogen and oxygen atoms in total. The molecule has 1 fully saturated rings. The lowest BCUT2D eigenvalue weighted by atomic mass is 10.2. The summed E-state index contributed by atoms with van der Waals surface area (Å²) in [5.41, 5.74) is 0.855. The number of nitrogens with zero attached hydrogens (tertiary/aromatic N) is 1. The van der Waals surface area contributed by atoms with Gasteiger partial charge in [-0.1, -0.05) is 12.1 Å². The zero-order chi connectivity index (χ0) is 11.5. The molecule has 1 aliphatic heterocycles. The number of ether oxygens (including phenoxy) is 1. The summed E-state index contributed by atoms with van der Waals surface area (Å²) in [7, 11) is 0. The summed E-state index contributed by atoms with van der Waals surface area (Å²) in [6.07, 6.45) is 0.936. The zero-order valence-electron chi connectivity index (χ0n) is 9.10. The van der Waals surface area contributed by atoms with Crippen LogP contribution in [-0.4, -0.2) is 24.1 Å². The average molecular weight is 222 g/mol. The SMILES string of the molecule is Cc1cccc([N+](=O)[O-])c1O[C@H]1CCNC1. The monoisotopic (exact) mass is 222 g/mol. The molecule has 0 spiro atoms. The van der Waals surface area contributed by atoms with Gasteiger partial charge >= 0.3 is 5.69 Å². The van der Waals surface area contributed by atoms with Gasteiger partial charge in [0, 0.05) is 12.6 Å². The average Bonchev–Trinajstić information content (AvgIpc) is 2.73. The summed E-state index contributed by atoms with van der Waals surface area (Å²) in [6.45, 7) is 3.49. The van der Waals surface area contributed by atoms with Gasteiger partial charge in [0.25, 0.3) is 0 Å². The van der Waals surface area contributed by atoms with Crippen molar-refractivity contribution >= 4 is 5.69 Å². The van der Waals surface area contributed by atoms with Gasteiger partial charge in [0.1, 0.15) is 6.10 Å². The van der Waals surface area contributed by atoms with E-state index in [0.717, 1.165) is 25.1 Å². The Hall–Kier alpha value is -1.62. The van der Waals surface area contributed by atoms with Gasteiger partial charge in [-0.3, -0.25) is 10.1 Å². The molecule has 0 amide bonds. The zero-order valence-corrected chi connectivity index (χ0v) is 9.10. The van der Waals surface area contributed by atoms with E-state index in [-0.39, 0.29) is 11.8 Å². The molecule has 0 radical (unpaired) electrons. The van der Waals surface area contributed by atoms with Gasteiger partial charge in [0.15, 0.2) is 5.75 Å². The number of para-hydroxylation sites is 1. The van der Waals surface area contributed by atoms with Crippen LogP contribution in [0.5, 0.6) is 5.75 Å². The molecule has 0 unspecified atom stereocenters. The van der Waals surface area contributed by atoms with Crippen molar-refractivity contribution in [3.8, 4) is 5.75 Å². The first kappa shape index (κ1) is 10.9. The van der Waals surface area contributed by atoms with Crippen LogP contribution in [0.25, 0.3) is 0 Å². The summed E-state index contributed by atoms with van der Waals surface area (Å²) >= 11 is 0. The molecule has 0 aromatic heterocycles. The minimum absolute atomic E-state index is 0.0415. The van der Waals surface area contributed by atoms with Gasteiger partial charge in [-0.2, -0.15) is 0 Å². The molecule has 0 aliphatic carbocycles. The van der Waals surface area contributed by atoms with Crippen molar-refractivity contribution < 1.29 is 9.66 Å². The standard InChI is InChI=1S/C11H14N2O3/c1-8-3-2-4-10(13(14)15)11(8)16-9-5-6-12-7-9/h2-4,9,12H,5-7H2,1H3/t9-/m0/s1. The van der Waals surface area contributed by atoms with Gasteiger partial charge in [-0.05, 0) is 25.5 Å². The normalized spacial score (nSPS) is 19.7. The van der Waals surface area contributed by atoms with E-state index in [1.165, 1.54) is 6.07 Å². The molecule has 2 rings (SSSR count). The molecule has 16 heavy (non-hydrogen) atoms. The molecule has 1 N–H and O–H groups in total. The molecule has 5 heteroatoms. The highest BCUT2D eigenvalue weighted by Gasteiger charge is 2.22. The minimum Gasteiger partial charge on any atom is -0.482 e. The third-order valence-corrected chi connectivity index (χ3v) is 2.69. The molecule has 1 aliphatic rings. The van der Waals surface area contributed by atoms with Crippen LogP contribution in [0, 0.1) is 17.0 Å². The van der Waals surface area contributed by atoms with Crippen LogP contribution in [0.1, 0.15) is 12.0 Å². The molecule has 1 saturated heterocycles. The van der Waals surface area contributed by atoms with E-state index in [2.05, 4.69) is 5.32 Å². The van der Waals surface area contributed by atoms with E-state index < -0.39 is 4.92 Å². The molecular weight excluding hydrogens is 208 g/mol. The first-order valence-corrected chi connectivity index (χ1v) is 5.30. The molecule has 1 atom stereocenters. The molecule has 1 aromatic carbocycles. The third kappa shape index (κ3) is 2.14. The number of nitrogens with one attached hydrogen (secondary N) is 1. The lowest BCUT2D eigenvalue weighted by Gasteiger charge is -2.14. The van der Waals surface area contributed by atoms with Crippen molar-refractivity contribution in [2.24, 2.45) is 0 Å². The highest BCUT2D eigenvalue weighted by Crippen LogP contribution is 2.31. The van der Waals surface area contributed by atoms with Gasteiger partial charge in [-0.15, -0.1) is 0 Å². The van der Waals surface area contributed by atoms with E-state index >= 15 is 0 Å². The summed E-state index contributed by atoms with van der Waals surface area (Å²) in [4.78, 5) is 10.5. The summed E-state index contributed by atoms with van der Waals surface area (Å²) in [6, 6.07) is 4.97. The second kappa shape index (κ2) is 4.49. The topological polar surface area (TPSA) is 64.4 Å². The van der Waals surface area contributed by atoms with Crippen LogP contribution < -0.4 is 10.1 Å². The van der Waals surface area contributed by atoms with Crippen LogP contribution in [0.3, 0.4) is 0 Å². The van der Waals surface area contributed by atoms with Crippen molar-refractivity contribution in [1.29, 1.82) is 0 Å². The number of rotatable bonds is 3. The number of nitro benzene ring substituents is 1. The fourth-order valence-electron chi connectivity index (χ4n) is 1.83. The van der Waals surface area contributed by atoms with E-state index in [4.69, 9.17) is 4.74 Å². The molecular formula is C11H14N2O3. The number of hydrogen-bond donors (Lipinski definition) is 1. The van der Waals surface area contributed by atoms with Crippen molar-refractivity contribution in [3.05, 3.63) is 33.9 Å². The van der Waals surface area contributed by atoms with E-state index in [1.54, 1.807) is 6.07 Å². The maximum absolute atomic E-state index is 10.9. The Balaban J connectivity index is 2.26. The highest BCUT2D eigenvalue weighted by atomic mass is 16.6. The summed E-state index contributed by atoms with van der Waals surface area (Å²) < 4.78 is 5.69. The van der Waals surface area contributed by atoms with Crippen LogP contribution in [0.4, 0.5) is 5.69 Å². The van der Waals surface area contributed by atoms with Gasteiger partial charge in [-0.25, -0.2) is 0 Å². The summed E-state index contributed by atoms with van der Waals surface area (Å²) in [5.74, 6) is 0.404. The predicted octanol–water partition coefficient (Wildman–Crippen LogP) is 1.64. The molecule has 1 heterocycles. The van der Waals surface area contributed by atoms with E-state index in [9.17, 15) is 10.1 Å². The second-order valence-electron chi connectivity index (χ2n) is 3.91. The Morgan fingerprint density at radius 2 is 2.38 bits per heavy atom. The fourth-order valence-corrected chi connectivity index (χ4v) is 1.83. The maximum atomic E-state index is 10.9. The van der Waals surface area contributed by atoms with Crippen molar-refractivity contribution in [2.45, 2.75) is 19.4 Å². The first-order valence-electron chi connectivity index (χ1n) is 5.30. The smallest absolute Gasteiger partial charge is 0.311 e. The van der Waals surface area contributed by atoms with Crippen LogP contribution in [0.2, 0.25) is 0 Å². The molecule has 86 valence electrons. The van der Waals surface area contributed by atoms with Crippen molar-refractivity contribution in [2.75, 3.05) is 13.1 Å². The van der Waals surface area contributed by atoms with Crippen molar-refractivity contribution in [3.63, 3.8) is 0 Å². The first-order chi connectivity index (χ1) is 7.68. The number of aryl methyl sites for hydroxylation is 1. The van der Waals surface area contributed by atoms with Crippen molar-refractivity contribution in [1.82, 2.24) is 5.32 Å². The number of benzene rings is 1. The Labute approximate surface area is 93.6 Å². The molecule has 0 saturated carbocycles. The number of hydrogen-bond acceptors (Lipinski definition) is 4. The Kier molecular flexibility index (Phi) is 3.05. The Morgan fingerprint density at radius 1 is 1.56 bits per heavy atom. The minimum atomic E-state index is -0.398. The highest BCUT2D eigenvalue weighted by molar-refractivity contribution is 5.51. The largest absolute Gasteiger partial charge is 0.482 e. The fraction of sp³-hybridized carbons (Fsp3) is 0.455. The van der Waals surface area contributed by atoms with Crippen LogP contribution in [-0.2, 0) is 0 Å². The van der Waals surface area contributed by atoms with Gasteiger partial charge in [0.05, 0.1) is 4.92 Å². The van der Waals surface area contributed by atoms with E-state index in [1.807, 2.05) is 13.0 Å². The molecule has 1 aromatic rings. The lowest BCUT2D eigenvalue weighted by molar-refractivity contribution is -0.386. The maximum Gasteiger partial charge on any atom is 0.311 e. The second-order valence-corrected chi connectivity index (χ2v) is 3.91. The van der Waals surface area contributed by atoms with Crippen LogP contribution in [0.15, 0.2) is 18.2 Å². The Bertz CT molecular complexity index is 400. The lowest BCUT2D eigenvalue weighted by Crippen LogP contribution is -2.20. The van der Waals surface area contributed by atoms with Crippen LogP contribution >= 0.6 is 0 Å². The van der Waals surface area contributed by atoms with Gasteiger partial charge < -0.3 is 10.1 Å². The van der Waals surface area contributed by atoms with E-state index in [0.29, 0.717) is 5.75 Å². The van der Waals surface area contributed by atoms with Gasteiger partial charge in [0.2, 0.25) is 0 Å². The third-order valence-electron chi connectivity index (χ3n) is 2.69. The summed E-state index contributed by atoms with van der Waals surface area (Å²) in [5, 5.41) is 14.0. The predicted molar refractivity (Wildman–Crippen MR) is 59.7 cm³/mol.